The van der Waals surface area contributed by atoms with Crippen LogP contribution in [0.15, 0.2) is 24.3 Å². The van der Waals surface area contributed by atoms with Crippen molar-refractivity contribution in [3.8, 4) is 6.07 Å². The third-order valence-electron chi connectivity index (χ3n) is 2.48. The molecule has 1 aromatic carbocycles. The van der Waals surface area contributed by atoms with Crippen LogP contribution in [0.3, 0.4) is 0 Å². The summed E-state index contributed by atoms with van der Waals surface area (Å²) in [5.41, 5.74) is 1.13. The van der Waals surface area contributed by atoms with E-state index in [9.17, 15) is 4.79 Å². The SMILES string of the molecule is N#Cc1cccc(NC(=O)C2CNCCO2)c1. The Hall–Kier alpha value is -1.90. The van der Waals surface area contributed by atoms with E-state index in [-0.39, 0.29) is 5.91 Å². The van der Waals surface area contributed by atoms with Crippen LogP contribution in [0.1, 0.15) is 5.56 Å². The number of carbonyl (C=O) groups is 1. The van der Waals surface area contributed by atoms with Gasteiger partial charge >= 0.3 is 0 Å². The molecule has 1 atom stereocenters. The van der Waals surface area contributed by atoms with E-state index >= 15 is 0 Å². The second-order valence-electron chi connectivity index (χ2n) is 3.75. The highest BCUT2D eigenvalue weighted by atomic mass is 16.5. The van der Waals surface area contributed by atoms with Crippen LogP contribution in [0.25, 0.3) is 0 Å². The first-order valence-corrected chi connectivity index (χ1v) is 5.43. The van der Waals surface area contributed by atoms with Crippen molar-refractivity contribution in [3.05, 3.63) is 29.8 Å². The predicted molar refractivity (Wildman–Crippen MR) is 62.4 cm³/mol. The van der Waals surface area contributed by atoms with Crippen molar-refractivity contribution in [2.45, 2.75) is 6.10 Å². The van der Waals surface area contributed by atoms with Crippen LogP contribution in [0.2, 0.25) is 0 Å². The minimum atomic E-state index is -0.463. The van der Waals surface area contributed by atoms with Gasteiger partial charge in [-0.25, -0.2) is 0 Å². The molecule has 1 aliphatic heterocycles. The predicted octanol–water partition coefficient (Wildman–Crippen LogP) is 0.485. The molecule has 1 unspecified atom stereocenters. The van der Waals surface area contributed by atoms with Crippen molar-refractivity contribution in [3.63, 3.8) is 0 Å². The molecule has 17 heavy (non-hydrogen) atoms. The number of nitrogens with zero attached hydrogens (tertiary/aromatic N) is 1. The summed E-state index contributed by atoms with van der Waals surface area (Å²) < 4.78 is 5.33. The standard InChI is InChI=1S/C12H13N3O2/c13-7-9-2-1-3-10(6-9)15-12(16)11-8-14-4-5-17-11/h1-3,6,11,14H,4-5,8H2,(H,15,16). The highest BCUT2D eigenvalue weighted by Gasteiger charge is 2.21. The fraction of sp³-hybridized carbons (Fsp3) is 0.333. The number of anilines is 1. The molecule has 0 aliphatic carbocycles. The number of nitriles is 1. The Morgan fingerprint density at radius 1 is 1.59 bits per heavy atom. The molecule has 0 bridgehead atoms. The fourth-order valence-corrected chi connectivity index (χ4v) is 1.62. The second-order valence-corrected chi connectivity index (χ2v) is 3.75. The minimum Gasteiger partial charge on any atom is -0.366 e. The van der Waals surface area contributed by atoms with Gasteiger partial charge in [-0.15, -0.1) is 0 Å². The van der Waals surface area contributed by atoms with Crippen LogP contribution in [-0.4, -0.2) is 31.7 Å². The summed E-state index contributed by atoms with van der Waals surface area (Å²) in [6.45, 7) is 1.83. The molecule has 2 N–H and O–H groups in total. The lowest BCUT2D eigenvalue weighted by Gasteiger charge is -2.22. The summed E-state index contributed by atoms with van der Waals surface area (Å²) in [5, 5.41) is 14.6. The summed E-state index contributed by atoms with van der Waals surface area (Å²) in [6.07, 6.45) is -0.463. The Labute approximate surface area is 99.4 Å². The van der Waals surface area contributed by atoms with E-state index in [1.54, 1.807) is 24.3 Å². The van der Waals surface area contributed by atoms with Gasteiger partial charge in [0.25, 0.3) is 5.91 Å². The maximum absolute atomic E-state index is 11.8. The molecule has 0 saturated carbocycles. The van der Waals surface area contributed by atoms with E-state index < -0.39 is 6.10 Å². The summed E-state index contributed by atoms with van der Waals surface area (Å²) in [6, 6.07) is 8.82. The molecule has 0 aromatic heterocycles. The molecule has 1 heterocycles. The lowest BCUT2D eigenvalue weighted by Crippen LogP contribution is -2.45. The molecule has 1 amide bonds. The Balaban J connectivity index is 1.99. The first-order chi connectivity index (χ1) is 8.29. The lowest BCUT2D eigenvalue weighted by molar-refractivity contribution is -0.128. The molecule has 5 heteroatoms. The number of rotatable bonds is 2. The maximum Gasteiger partial charge on any atom is 0.254 e. The number of ether oxygens (including phenoxy) is 1. The number of hydrogen-bond acceptors (Lipinski definition) is 4. The van der Waals surface area contributed by atoms with Gasteiger partial charge in [0.2, 0.25) is 0 Å². The van der Waals surface area contributed by atoms with E-state index in [4.69, 9.17) is 10.00 Å². The molecular formula is C12H13N3O2. The molecule has 1 fully saturated rings. The van der Waals surface area contributed by atoms with Gasteiger partial charge in [0.05, 0.1) is 18.2 Å². The molecule has 0 radical (unpaired) electrons. The van der Waals surface area contributed by atoms with Crippen LogP contribution in [0.4, 0.5) is 5.69 Å². The number of carbonyl (C=O) groups excluding carboxylic acids is 1. The Kier molecular flexibility index (Phi) is 3.70. The van der Waals surface area contributed by atoms with Gasteiger partial charge in [0, 0.05) is 18.8 Å². The molecule has 88 valence electrons. The van der Waals surface area contributed by atoms with Crippen molar-refractivity contribution in [2.24, 2.45) is 0 Å². The zero-order valence-electron chi connectivity index (χ0n) is 9.27. The highest BCUT2D eigenvalue weighted by Crippen LogP contribution is 2.11. The minimum absolute atomic E-state index is 0.188. The van der Waals surface area contributed by atoms with Gasteiger partial charge in [0.1, 0.15) is 6.10 Å². The number of hydrogen-bond donors (Lipinski definition) is 2. The summed E-state index contributed by atoms with van der Waals surface area (Å²) in [4.78, 5) is 11.8. The van der Waals surface area contributed by atoms with Gasteiger partial charge in [0.15, 0.2) is 0 Å². The first kappa shape index (κ1) is 11.6. The third-order valence-corrected chi connectivity index (χ3v) is 2.48. The zero-order chi connectivity index (χ0) is 12.1. The van der Waals surface area contributed by atoms with Crippen molar-refractivity contribution in [1.29, 1.82) is 5.26 Å². The van der Waals surface area contributed by atoms with Crippen LogP contribution < -0.4 is 10.6 Å². The van der Waals surface area contributed by atoms with E-state index in [0.29, 0.717) is 24.4 Å². The molecule has 5 nitrogen and oxygen atoms in total. The highest BCUT2D eigenvalue weighted by molar-refractivity contribution is 5.94. The summed E-state index contributed by atoms with van der Waals surface area (Å²) >= 11 is 0. The quantitative estimate of drug-likeness (QED) is 0.776. The van der Waals surface area contributed by atoms with Crippen molar-refractivity contribution >= 4 is 11.6 Å². The number of benzene rings is 1. The van der Waals surface area contributed by atoms with Gasteiger partial charge in [-0.2, -0.15) is 5.26 Å². The molecule has 0 spiro atoms. The normalized spacial score (nSPS) is 19.4. The topological polar surface area (TPSA) is 74.2 Å². The summed E-state index contributed by atoms with van der Waals surface area (Å²) in [5.74, 6) is -0.188. The van der Waals surface area contributed by atoms with Crippen molar-refractivity contribution < 1.29 is 9.53 Å². The number of nitrogens with one attached hydrogen (secondary N) is 2. The zero-order valence-corrected chi connectivity index (χ0v) is 9.27. The third kappa shape index (κ3) is 3.03. The fourth-order valence-electron chi connectivity index (χ4n) is 1.62. The molecule has 1 saturated heterocycles. The average Bonchev–Trinajstić information content (AvgIpc) is 2.40. The largest absolute Gasteiger partial charge is 0.366 e. The van der Waals surface area contributed by atoms with Gasteiger partial charge < -0.3 is 15.4 Å². The lowest BCUT2D eigenvalue weighted by atomic mass is 10.2. The van der Waals surface area contributed by atoms with Crippen molar-refractivity contribution in [2.75, 3.05) is 25.0 Å². The van der Waals surface area contributed by atoms with Crippen LogP contribution in [0.5, 0.6) is 0 Å². The average molecular weight is 231 g/mol. The van der Waals surface area contributed by atoms with Crippen LogP contribution in [-0.2, 0) is 9.53 Å². The van der Waals surface area contributed by atoms with Crippen LogP contribution in [0, 0.1) is 11.3 Å². The molecule has 1 aromatic rings. The Morgan fingerprint density at radius 3 is 3.18 bits per heavy atom. The van der Waals surface area contributed by atoms with E-state index in [2.05, 4.69) is 10.6 Å². The molecular weight excluding hydrogens is 218 g/mol. The van der Waals surface area contributed by atoms with E-state index in [1.807, 2.05) is 6.07 Å². The Morgan fingerprint density at radius 2 is 2.47 bits per heavy atom. The number of amides is 1. The monoisotopic (exact) mass is 231 g/mol. The molecule has 1 aliphatic rings. The van der Waals surface area contributed by atoms with E-state index in [0.717, 1.165) is 6.54 Å². The van der Waals surface area contributed by atoms with E-state index in [1.165, 1.54) is 0 Å². The van der Waals surface area contributed by atoms with Crippen molar-refractivity contribution in [1.82, 2.24) is 5.32 Å². The first-order valence-electron chi connectivity index (χ1n) is 5.43. The van der Waals surface area contributed by atoms with Crippen LogP contribution >= 0.6 is 0 Å². The van der Waals surface area contributed by atoms with Gasteiger partial charge in [-0.1, -0.05) is 6.07 Å². The van der Waals surface area contributed by atoms with Gasteiger partial charge in [-0.05, 0) is 18.2 Å². The number of morpholine rings is 1. The Bertz CT molecular complexity index is 447. The maximum atomic E-state index is 11.8. The summed E-state index contributed by atoms with van der Waals surface area (Å²) in [7, 11) is 0. The molecule has 2 rings (SSSR count). The second kappa shape index (κ2) is 5.43. The van der Waals surface area contributed by atoms with Gasteiger partial charge in [-0.3, -0.25) is 4.79 Å². The smallest absolute Gasteiger partial charge is 0.254 e.